The van der Waals surface area contributed by atoms with Gasteiger partial charge in [-0.2, -0.15) is 0 Å². The molecule has 4 heterocycles. The number of nitrogens with one attached hydrogen (secondary N) is 2. The van der Waals surface area contributed by atoms with Crippen molar-refractivity contribution in [2.24, 2.45) is 0 Å². The van der Waals surface area contributed by atoms with Crippen molar-refractivity contribution in [1.82, 2.24) is 25.3 Å². The van der Waals surface area contributed by atoms with Gasteiger partial charge in [-0.15, -0.1) is 0 Å². The van der Waals surface area contributed by atoms with E-state index >= 15 is 0 Å². The van der Waals surface area contributed by atoms with Crippen molar-refractivity contribution in [3.8, 4) is 11.4 Å². The Morgan fingerprint density at radius 2 is 1.96 bits per heavy atom. The van der Waals surface area contributed by atoms with Gasteiger partial charge in [0.1, 0.15) is 5.82 Å². The van der Waals surface area contributed by atoms with Crippen LogP contribution >= 0.6 is 0 Å². The molecular weight excluding hydrogens is 300 g/mol. The third-order valence-corrected chi connectivity index (χ3v) is 4.06. The second-order valence-corrected chi connectivity index (χ2v) is 5.70. The smallest absolute Gasteiger partial charge is 0.161 e. The number of nitrogens with zero attached hydrogens (tertiary/aromatic N) is 4. The topological polar surface area (TPSA) is 75.6 Å². The molecular formula is C18H18N6. The highest BCUT2D eigenvalue weighted by molar-refractivity contribution is 5.59. The third kappa shape index (κ3) is 3.09. The Labute approximate surface area is 140 Å². The normalized spacial score (nSPS) is 13.3. The second kappa shape index (κ2) is 6.72. The van der Waals surface area contributed by atoms with Crippen LogP contribution in [0.25, 0.3) is 11.4 Å². The molecule has 0 atom stereocenters. The van der Waals surface area contributed by atoms with Crippen LogP contribution in [-0.4, -0.2) is 26.5 Å². The molecule has 0 spiro atoms. The molecule has 2 N–H and O–H groups in total. The minimum absolute atomic E-state index is 0.695. The molecule has 0 aliphatic carbocycles. The van der Waals surface area contributed by atoms with Gasteiger partial charge in [0.25, 0.3) is 0 Å². The first-order valence-electron chi connectivity index (χ1n) is 8.04. The van der Waals surface area contributed by atoms with Gasteiger partial charge in [-0.25, -0.2) is 9.97 Å². The molecule has 120 valence electrons. The minimum atomic E-state index is 0.695. The fourth-order valence-electron chi connectivity index (χ4n) is 2.82. The summed E-state index contributed by atoms with van der Waals surface area (Å²) in [7, 11) is 0. The van der Waals surface area contributed by atoms with Crippen molar-refractivity contribution in [2.45, 2.75) is 19.5 Å². The number of rotatable bonds is 4. The van der Waals surface area contributed by atoms with Crippen molar-refractivity contribution >= 4 is 5.82 Å². The second-order valence-electron chi connectivity index (χ2n) is 5.70. The number of fused-ring (bicyclic) bond motifs is 1. The van der Waals surface area contributed by atoms with E-state index in [2.05, 4.69) is 26.7 Å². The van der Waals surface area contributed by atoms with Crippen LogP contribution in [0.3, 0.4) is 0 Å². The Kier molecular flexibility index (Phi) is 4.12. The fourth-order valence-corrected chi connectivity index (χ4v) is 2.82. The summed E-state index contributed by atoms with van der Waals surface area (Å²) in [5.74, 6) is 1.64. The van der Waals surface area contributed by atoms with E-state index in [0.717, 1.165) is 48.0 Å². The number of hydrogen-bond donors (Lipinski definition) is 2. The lowest BCUT2D eigenvalue weighted by Gasteiger charge is -2.20. The molecule has 3 aromatic heterocycles. The minimum Gasteiger partial charge on any atom is -0.366 e. The third-order valence-electron chi connectivity index (χ3n) is 4.06. The maximum atomic E-state index is 4.77. The summed E-state index contributed by atoms with van der Waals surface area (Å²) < 4.78 is 0. The highest BCUT2D eigenvalue weighted by atomic mass is 15.1. The van der Waals surface area contributed by atoms with Gasteiger partial charge in [-0.3, -0.25) is 9.97 Å². The van der Waals surface area contributed by atoms with E-state index in [1.165, 1.54) is 5.56 Å². The van der Waals surface area contributed by atoms with Gasteiger partial charge in [-0.05, 0) is 36.7 Å². The molecule has 24 heavy (non-hydrogen) atoms. The maximum Gasteiger partial charge on any atom is 0.161 e. The first-order chi connectivity index (χ1) is 11.9. The van der Waals surface area contributed by atoms with Crippen LogP contribution in [0.4, 0.5) is 5.82 Å². The lowest BCUT2D eigenvalue weighted by Crippen LogP contribution is -2.26. The first kappa shape index (κ1) is 14.7. The fraction of sp³-hybridized carbons (Fsp3) is 0.222. The Hall–Kier alpha value is -2.86. The molecule has 0 radical (unpaired) electrons. The van der Waals surface area contributed by atoms with Crippen LogP contribution in [0.15, 0.2) is 49.1 Å². The molecule has 0 amide bonds. The first-order valence-corrected chi connectivity index (χ1v) is 8.04. The summed E-state index contributed by atoms with van der Waals surface area (Å²) in [6, 6.07) is 7.86. The van der Waals surface area contributed by atoms with E-state index in [0.29, 0.717) is 6.54 Å². The molecule has 0 saturated heterocycles. The number of anilines is 1. The molecule has 0 unspecified atom stereocenters. The largest absolute Gasteiger partial charge is 0.366 e. The quantitative estimate of drug-likeness (QED) is 0.768. The zero-order valence-corrected chi connectivity index (χ0v) is 13.2. The van der Waals surface area contributed by atoms with Gasteiger partial charge in [0.2, 0.25) is 0 Å². The SMILES string of the molecule is c1cncc(CNc2nc(-c3ccncc3)nc3c2CCNC3)c1. The van der Waals surface area contributed by atoms with Gasteiger partial charge in [0, 0.05) is 49.0 Å². The van der Waals surface area contributed by atoms with Crippen molar-refractivity contribution in [3.63, 3.8) is 0 Å². The highest BCUT2D eigenvalue weighted by Crippen LogP contribution is 2.25. The molecule has 6 nitrogen and oxygen atoms in total. The Morgan fingerprint density at radius 3 is 2.79 bits per heavy atom. The van der Waals surface area contributed by atoms with E-state index < -0.39 is 0 Å². The van der Waals surface area contributed by atoms with E-state index in [4.69, 9.17) is 9.97 Å². The van der Waals surface area contributed by atoms with Gasteiger partial charge >= 0.3 is 0 Å². The maximum absolute atomic E-state index is 4.77. The van der Waals surface area contributed by atoms with Gasteiger partial charge in [-0.1, -0.05) is 6.07 Å². The number of aromatic nitrogens is 4. The van der Waals surface area contributed by atoms with Gasteiger partial charge < -0.3 is 10.6 Å². The zero-order chi connectivity index (χ0) is 16.2. The highest BCUT2D eigenvalue weighted by Gasteiger charge is 2.18. The predicted octanol–water partition coefficient (Wildman–Crippen LogP) is 2.19. The summed E-state index contributed by atoms with van der Waals surface area (Å²) in [5.41, 5.74) is 4.37. The van der Waals surface area contributed by atoms with Gasteiger partial charge in [0.05, 0.1) is 5.69 Å². The van der Waals surface area contributed by atoms with Crippen LogP contribution < -0.4 is 10.6 Å². The molecule has 0 aromatic carbocycles. The molecule has 0 fully saturated rings. The van der Waals surface area contributed by atoms with Crippen molar-refractivity contribution < 1.29 is 0 Å². The van der Waals surface area contributed by atoms with E-state index in [1.807, 2.05) is 24.4 Å². The van der Waals surface area contributed by atoms with Crippen LogP contribution in [0, 0.1) is 0 Å². The van der Waals surface area contributed by atoms with Crippen molar-refractivity contribution in [2.75, 3.05) is 11.9 Å². The van der Waals surface area contributed by atoms with E-state index in [9.17, 15) is 0 Å². The number of pyridine rings is 2. The van der Waals surface area contributed by atoms with Crippen molar-refractivity contribution in [3.05, 3.63) is 65.9 Å². The Bertz CT molecular complexity index is 820. The van der Waals surface area contributed by atoms with Crippen LogP contribution in [-0.2, 0) is 19.5 Å². The predicted molar refractivity (Wildman–Crippen MR) is 92.2 cm³/mol. The zero-order valence-electron chi connectivity index (χ0n) is 13.2. The molecule has 4 rings (SSSR count). The van der Waals surface area contributed by atoms with Crippen LogP contribution in [0.1, 0.15) is 16.8 Å². The Balaban J connectivity index is 1.68. The summed E-state index contributed by atoms with van der Waals surface area (Å²) in [4.78, 5) is 17.7. The molecule has 3 aromatic rings. The Morgan fingerprint density at radius 1 is 1.04 bits per heavy atom. The van der Waals surface area contributed by atoms with Crippen molar-refractivity contribution in [1.29, 1.82) is 0 Å². The van der Waals surface area contributed by atoms with E-state index in [-0.39, 0.29) is 0 Å². The monoisotopic (exact) mass is 318 g/mol. The molecule has 0 saturated carbocycles. The average molecular weight is 318 g/mol. The van der Waals surface area contributed by atoms with Crippen LogP contribution in [0.5, 0.6) is 0 Å². The summed E-state index contributed by atoms with van der Waals surface area (Å²) in [6.45, 7) is 2.42. The summed E-state index contributed by atoms with van der Waals surface area (Å²) in [6.07, 6.45) is 8.11. The summed E-state index contributed by atoms with van der Waals surface area (Å²) >= 11 is 0. The molecule has 1 aliphatic heterocycles. The molecule has 1 aliphatic rings. The molecule has 6 heteroatoms. The summed E-state index contributed by atoms with van der Waals surface area (Å²) in [5, 5.41) is 6.84. The number of hydrogen-bond acceptors (Lipinski definition) is 6. The van der Waals surface area contributed by atoms with Gasteiger partial charge in [0.15, 0.2) is 5.82 Å². The lowest BCUT2D eigenvalue weighted by molar-refractivity contribution is 0.625. The lowest BCUT2D eigenvalue weighted by atomic mass is 10.1. The average Bonchev–Trinajstić information content (AvgIpc) is 2.67. The van der Waals surface area contributed by atoms with E-state index in [1.54, 1.807) is 18.6 Å². The molecule has 0 bridgehead atoms. The standard InChI is InChI=1S/C18H18N6/c1-2-13(10-20-6-1)11-22-18-15-5-9-21-12-16(15)23-17(24-18)14-3-7-19-8-4-14/h1-4,6-8,10,21H,5,9,11-12H2,(H,22,23,24). The van der Waals surface area contributed by atoms with Crippen LogP contribution in [0.2, 0.25) is 0 Å².